The molecule has 0 saturated heterocycles. The van der Waals surface area contributed by atoms with Gasteiger partial charge in [-0.05, 0) is 0 Å². The summed E-state index contributed by atoms with van der Waals surface area (Å²) in [5, 5.41) is 6.06. The fourth-order valence-corrected chi connectivity index (χ4v) is 0. The average molecular weight is 129 g/mol. The summed E-state index contributed by atoms with van der Waals surface area (Å²) in [7, 11) is 0. The molecule has 0 spiro atoms. The lowest BCUT2D eigenvalue weighted by molar-refractivity contribution is 0.00819. The Kier molecular flexibility index (Phi) is 7.67. The standard InChI is InChI=1S/CHF3.CH5N3/c2*2-1(3)4/h1H;(H5,2,3,4). The molecule has 3 nitrogen and oxygen atoms in total. The minimum atomic E-state index is -3.67. The topological polar surface area (TPSA) is 75.9 Å². The summed E-state index contributed by atoms with van der Waals surface area (Å²) in [6.07, 6.45) is 0. The fraction of sp³-hybridized carbons (Fsp3) is 0.500. The van der Waals surface area contributed by atoms with Gasteiger partial charge in [-0.2, -0.15) is 13.2 Å². The molecule has 0 saturated carbocycles. The Balaban J connectivity index is 0. The van der Waals surface area contributed by atoms with Gasteiger partial charge in [0.05, 0.1) is 0 Å². The van der Waals surface area contributed by atoms with Crippen LogP contribution < -0.4 is 11.5 Å². The van der Waals surface area contributed by atoms with E-state index in [1.54, 1.807) is 0 Å². The largest absolute Gasteiger partial charge is 0.379 e. The zero-order valence-corrected chi connectivity index (χ0v) is 3.87. The van der Waals surface area contributed by atoms with Crippen LogP contribution in [0.4, 0.5) is 13.2 Å². The molecule has 8 heavy (non-hydrogen) atoms. The fourth-order valence-electron chi connectivity index (χ4n) is 0. The van der Waals surface area contributed by atoms with E-state index in [0.717, 1.165) is 0 Å². The second kappa shape index (κ2) is 6.06. The van der Waals surface area contributed by atoms with Gasteiger partial charge in [0, 0.05) is 0 Å². The molecule has 0 aliphatic heterocycles. The molecule has 0 aliphatic rings. The van der Waals surface area contributed by atoms with Crippen molar-refractivity contribution in [3.05, 3.63) is 0 Å². The molecule has 0 aromatic heterocycles. The van der Waals surface area contributed by atoms with Crippen LogP contribution in [-0.2, 0) is 0 Å². The molecule has 0 heterocycles. The second-order valence-corrected chi connectivity index (χ2v) is 0.703. The lowest BCUT2D eigenvalue weighted by Crippen LogP contribution is -2.20. The minimum absolute atomic E-state index is 0.333. The number of rotatable bonds is 0. The van der Waals surface area contributed by atoms with E-state index in [2.05, 4.69) is 11.5 Å². The summed E-state index contributed by atoms with van der Waals surface area (Å²) >= 11 is 0. The molecule has 0 amide bonds. The highest BCUT2D eigenvalue weighted by Crippen LogP contribution is 1.87. The summed E-state index contributed by atoms with van der Waals surface area (Å²) in [5.74, 6) is -0.333. The molecule has 0 aliphatic carbocycles. The number of hydrogen-bond acceptors (Lipinski definition) is 1. The molecule has 6 heteroatoms. The maximum atomic E-state index is 9.67. The van der Waals surface area contributed by atoms with Gasteiger partial charge in [-0.25, -0.2) is 0 Å². The first-order valence-corrected chi connectivity index (χ1v) is 1.48. The van der Waals surface area contributed by atoms with Crippen LogP contribution in [0.1, 0.15) is 0 Å². The van der Waals surface area contributed by atoms with E-state index in [0.29, 0.717) is 0 Å². The molecular weight excluding hydrogens is 123 g/mol. The van der Waals surface area contributed by atoms with Crippen LogP contribution in [0.3, 0.4) is 0 Å². The van der Waals surface area contributed by atoms with Crippen molar-refractivity contribution in [3.63, 3.8) is 0 Å². The molecule has 0 radical (unpaired) electrons. The van der Waals surface area contributed by atoms with Crippen LogP contribution in [0.5, 0.6) is 0 Å². The van der Waals surface area contributed by atoms with E-state index in [-0.39, 0.29) is 5.96 Å². The van der Waals surface area contributed by atoms with Crippen molar-refractivity contribution < 1.29 is 13.2 Å². The summed E-state index contributed by atoms with van der Waals surface area (Å²) in [5.41, 5.74) is 8.94. The monoisotopic (exact) mass is 129 g/mol. The maximum absolute atomic E-state index is 9.67. The van der Waals surface area contributed by atoms with Gasteiger partial charge < -0.3 is 11.5 Å². The summed E-state index contributed by atoms with van der Waals surface area (Å²) in [6, 6.07) is 0. The number of nitrogens with one attached hydrogen (secondary N) is 1. The van der Waals surface area contributed by atoms with Crippen molar-refractivity contribution >= 4 is 5.96 Å². The average Bonchev–Trinajstić information content (AvgIpc) is 1.25. The van der Waals surface area contributed by atoms with E-state index in [1.165, 1.54) is 0 Å². The highest BCUT2D eigenvalue weighted by molar-refractivity contribution is 5.71. The molecule has 50 valence electrons. The molecule has 5 N–H and O–H groups in total. The van der Waals surface area contributed by atoms with E-state index >= 15 is 0 Å². The van der Waals surface area contributed by atoms with Crippen LogP contribution in [0.15, 0.2) is 0 Å². The summed E-state index contributed by atoms with van der Waals surface area (Å²) < 4.78 is 29.0. The molecule has 0 aromatic rings. The quantitative estimate of drug-likeness (QED) is 0.318. The summed E-state index contributed by atoms with van der Waals surface area (Å²) in [4.78, 5) is 0. The predicted octanol–water partition coefficient (Wildman–Crippen LogP) is 0.0171. The second-order valence-electron chi connectivity index (χ2n) is 0.703. The minimum Gasteiger partial charge on any atom is -0.370 e. The van der Waals surface area contributed by atoms with Crippen molar-refractivity contribution in [1.29, 1.82) is 5.41 Å². The molecule has 0 fully saturated rings. The number of halogens is 3. The molecule has 0 unspecified atom stereocenters. The summed E-state index contributed by atoms with van der Waals surface area (Å²) in [6.45, 7) is -3.67. The third-order valence-electron chi connectivity index (χ3n) is 0. The molecular formula is C2H6F3N3. The zero-order valence-electron chi connectivity index (χ0n) is 3.87. The third kappa shape index (κ3) is 94.4. The first kappa shape index (κ1) is 10.1. The smallest absolute Gasteiger partial charge is 0.370 e. The third-order valence-corrected chi connectivity index (χ3v) is 0. The zero-order chi connectivity index (χ0) is 7.15. The molecule has 0 rings (SSSR count). The SMILES string of the molecule is FC(F)F.N=C(N)N. The molecule has 0 bridgehead atoms. The molecule has 0 aromatic carbocycles. The predicted molar refractivity (Wildman–Crippen MR) is 23.2 cm³/mol. The Morgan fingerprint density at radius 3 is 1.25 bits per heavy atom. The van der Waals surface area contributed by atoms with E-state index < -0.39 is 6.68 Å². The van der Waals surface area contributed by atoms with Gasteiger partial charge in [0.15, 0.2) is 5.96 Å². The highest BCUT2D eigenvalue weighted by Gasteiger charge is 1.86. The van der Waals surface area contributed by atoms with Gasteiger partial charge in [-0.1, -0.05) is 0 Å². The lowest BCUT2D eigenvalue weighted by atomic mass is 11.1. The Hall–Kier alpha value is -0.940. The molecule has 0 atom stereocenters. The van der Waals surface area contributed by atoms with Crippen molar-refractivity contribution in [2.24, 2.45) is 11.5 Å². The van der Waals surface area contributed by atoms with Crippen LogP contribution in [0.25, 0.3) is 0 Å². The van der Waals surface area contributed by atoms with Crippen LogP contribution in [0, 0.1) is 5.41 Å². The van der Waals surface area contributed by atoms with Crippen molar-refractivity contribution in [2.75, 3.05) is 0 Å². The van der Waals surface area contributed by atoms with Crippen molar-refractivity contribution in [2.45, 2.75) is 6.68 Å². The normalized spacial score (nSPS) is 7.50. The Morgan fingerprint density at radius 1 is 1.25 bits per heavy atom. The Bertz CT molecular complexity index is 56.8. The van der Waals surface area contributed by atoms with E-state index in [4.69, 9.17) is 5.41 Å². The Morgan fingerprint density at radius 2 is 1.25 bits per heavy atom. The number of alkyl halides is 3. The lowest BCUT2D eigenvalue weighted by Gasteiger charge is -1.69. The van der Waals surface area contributed by atoms with E-state index in [9.17, 15) is 13.2 Å². The number of hydrogen-bond donors (Lipinski definition) is 3. The highest BCUT2D eigenvalue weighted by atomic mass is 19.4. The van der Waals surface area contributed by atoms with Crippen molar-refractivity contribution in [3.8, 4) is 0 Å². The van der Waals surface area contributed by atoms with Crippen LogP contribution in [-0.4, -0.2) is 12.6 Å². The van der Waals surface area contributed by atoms with Gasteiger partial charge in [0.2, 0.25) is 0 Å². The van der Waals surface area contributed by atoms with Gasteiger partial charge in [-0.3, -0.25) is 5.41 Å². The number of nitrogens with two attached hydrogens (primary N) is 2. The van der Waals surface area contributed by atoms with Crippen molar-refractivity contribution in [1.82, 2.24) is 0 Å². The van der Waals surface area contributed by atoms with Gasteiger partial charge in [-0.15, -0.1) is 0 Å². The number of guanidine groups is 1. The Labute approximate surface area is 44.0 Å². The first-order chi connectivity index (χ1) is 3.46. The van der Waals surface area contributed by atoms with Crippen LogP contribution in [0.2, 0.25) is 0 Å². The van der Waals surface area contributed by atoms with Gasteiger partial charge in [0.1, 0.15) is 0 Å². The van der Waals surface area contributed by atoms with Crippen LogP contribution >= 0.6 is 0 Å². The maximum Gasteiger partial charge on any atom is 0.379 e. The first-order valence-electron chi connectivity index (χ1n) is 1.48. The van der Waals surface area contributed by atoms with Gasteiger partial charge in [0.25, 0.3) is 0 Å². The van der Waals surface area contributed by atoms with Gasteiger partial charge >= 0.3 is 6.68 Å². The van der Waals surface area contributed by atoms with E-state index in [1.807, 2.05) is 0 Å².